The molecule has 6 heteroatoms. The molecule has 0 saturated carbocycles. The Morgan fingerprint density at radius 1 is 1.04 bits per heavy atom. The van der Waals surface area contributed by atoms with Crippen LogP contribution < -0.4 is 5.32 Å². The topological polar surface area (TPSA) is 63.2 Å². The second-order valence-electron chi connectivity index (χ2n) is 5.17. The molecule has 0 fully saturated rings. The summed E-state index contributed by atoms with van der Waals surface area (Å²) in [6.45, 7) is 2.09. The quantitative estimate of drug-likeness (QED) is 0.577. The van der Waals surface area contributed by atoms with E-state index >= 15 is 0 Å². The third-order valence-corrected chi connectivity index (χ3v) is 6.35. The number of sulfone groups is 1. The molecule has 0 saturated heterocycles. The summed E-state index contributed by atoms with van der Waals surface area (Å²) in [5.41, 5.74) is 0.218. The highest BCUT2D eigenvalue weighted by atomic mass is 32.2. The SMILES string of the molecule is CCS(=O)(=O)c1ccccc1C(=O)NCCCSc1ccccc1. The smallest absolute Gasteiger partial charge is 0.252 e. The van der Waals surface area contributed by atoms with Gasteiger partial charge in [0.25, 0.3) is 5.91 Å². The molecule has 0 unspecified atom stereocenters. The van der Waals surface area contributed by atoms with Gasteiger partial charge < -0.3 is 5.32 Å². The summed E-state index contributed by atoms with van der Waals surface area (Å²) in [4.78, 5) is 13.6. The molecule has 0 aliphatic rings. The summed E-state index contributed by atoms with van der Waals surface area (Å²) in [6, 6.07) is 16.4. The van der Waals surface area contributed by atoms with Gasteiger partial charge in [-0.15, -0.1) is 11.8 Å². The average molecular weight is 364 g/mol. The average Bonchev–Trinajstić information content (AvgIpc) is 2.62. The zero-order valence-electron chi connectivity index (χ0n) is 13.6. The number of nitrogens with one attached hydrogen (secondary N) is 1. The van der Waals surface area contributed by atoms with Crippen LogP contribution in [-0.4, -0.2) is 32.4 Å². The number of benzene rings is 2. The fourth-order valence-electron chi connectivity index (χ4n) is 2.16. The van der Waals surface area contributed by atoms with E-state index in [-0.39, 0.29) is 22.1 Å². The number of thioether (sulfide) groups is 1. The monoisotopic (exact) mass is 363 g/mol. The van der Waals surface area contributed by atoms with Crippen LogP contribution in [0.15, 0.2) is 64.4 Å². The van der Waals surface area contributed by atoms with Gasteiger partial charge in [0.2, 0.25) is 0 Å². The number of hydrogen-bond acceptors (Lipinski definition) is 4. The van der Waals surface area contributed by atoms with Crippen LogP contribution in [0.2, 0.25) is 0 Å². The molecule has 2 rings (SSSR count). The highest BCUT2D eigenvalue weighted by molar-refractivity contribution is 7.99. The second-order valence-corrected chi connectivity index (χ2v) is 8.59. The van der Waals surface area contributed by atoms with E-state index in [0.717, 1.165) is 12.2 Å². The first kappa shape index (κ1) is 18.5. The van der Waals surface area contributed by atoms with Gasteiger partial charge in [-0.3, -0.25) is 4.79 Å². The maximum Gasteiger partial charge on any atom is 0.252 e. The van der Waals surface area contributed by atoms with Crippen molar-refractivity contribution in [3.05, 3.63) is 60.2 Å². The molecule has 4 nitrogen and oxygen atoms in total. The van der Waals surface area contributed by atoms with Crippen LogP contribution in [0, 0.1) is 0 Å². The summed E-state index contributed by atoms with van der Waals surface area (Å²) in [5, 5.41) is 2.81. The highest BCUT2D eigenvalue weighted by Gasteiger charge is 2.20. The third kappa shape index (κ3) is 5.11. The van der Waals surface area contributed by atoms with Crippen molar-refractivity contribution < 1.29 is 13.2 Å². The normalized spacial score (nSPS) is 11.2. The molecule has 0 aliphatic carbocycles. The molecule has 2 aromatic rings. The van der Waals surface area contributed by atoms with E-state index in [1.165, 1.54) is 11.0 Å². The van der Waals surface area contributed by atoms with Gasteiger partial charge in [-0.25, -0.2) is 8.42 Å². The lowest BCUT2D eigenvalue weighted by Gasteiger charge is -2.10. The largest absolute Gasteiger partial charge is 0.352 e. The molecule has 0 radical (unpaired) electrons. The molecule has 2 aromatic carbocycles. The van der Waals surface area contributed by atoms with Gasteiger partial charge in [0.15, 0.2) is 9.84 Å². The van der Waals surface area contributed by atoms with Gasteiger partial charge >= 0.3 is 0 Å². The maximum absolute atomic E-state index is 12.3. The molecule has 0 heterocycles. The van der Waals surface area contributed by atoms with Gasteiger partial charge in [-0.1, -0.05) is 37.3 Å². The van der Waals surface area contributed by atoms with E-state index in [1.807, 2.05) is 18.2 Å². The number of carbonyl (C=O) groups is 1. The Labute approximate surface area is 147 Å². The predicted molar refractivity (Wildman–Crippen MR) is 98.3 cm³/mol. The van der Waals surface area contributed by atoms with E-state index in [4.69, 9.17) is 0 Å². The minimum Gasteiger partial charge on any atom is -0.352 e. The Kier molecular flexibility index (Phi) is 6.87. The summed E-state index contributed by atoms with van der Waals surface area (Å²) in [7, 11) is -3.41. The summed E-state index contributed by atoms with van der Waals surface area (Å²) >= 11 is 1.73. The van der Waals surface area contributed by atoms with E-state index in [0.29, 0.717) is 6.54 Å². The summed E-state index contributed by atoms with van der Waals surface area (Å²) in [6.07, 6.45) is 0.813. The van der Waals surface area contributed by atoms with Crippen molar-refractivity contribution >= 4 is 27.5 Å². The molecule has 0 aromatic heterocycles. The van der Waals surface area contributed by atoms with Crippen molar-refractivity contribution in [2.45, 2.75) is 23.1 Å². The predicted octanol–water partition coefficient (Wildman–Crippen LogP) is 3.39. The number of rotatable bonds is 8. The number of hydrogen-bond donors (Lipinski definition) is 1. The van der Waals surface area contributed by atoms with Crippen molar-refractivity contribution in [1.29, 1.82) is 0 Å². The molecule has 1 amide bonds. The van der Waals surface area contributed by atoms with Gasteiger partial charge in [0, 0.05) is 11.4 Å². The summed E-state index contributed by atoms with van der Waals surface area (Å²) in [5.74, 6) is 0.525. The van der Waals surface area contributed by atoms with E-state index in [9.17, 15) is 13.2 Å². The summed E-state index contributed by atoms with van der Waals surface area (Å²) < 4.78 is 24.2. The first-order valence-corrected chi connectivity index (χ1v) is 10.5. The minimum atomic E-state index is -3.41. The highest BCUT2D eigenvalue weighted by Crippen LogP contribution is 2.18. The van der Waals surface area contributed by atoms with Crippen LogP contribution >= 0.6 is 11.8 Å². The van der Waals surface area contributed by atoms with Crippen LogP contribution in [0.25, 0.3) is 0 Å². The van der Waals surface area contributed by atoms with Gasteiger partial charge in [-0.2, -0.15) is 0 Å². The van der Waals surface area contributed by atoms with E-state index in [2.05, 4.69) is 17.4 Å². The molecular formula is C18H21NO3S2. The molecule has 128 valence electrons. The first-order chi connectivity index (χ1) is 11.5. The van der Waals surface area contributed by atoms with Crippen molar-refractivity contribution in [2.24, 2.45) is 0 Å². The van der Waals surface area contributed by atoms with Crippen LogP contribution in [0.1, 0.15) is 23.7 Å². The van der Waals surface area contributed by atoms with Gasteiger partial charge in [0.05, 0.1) is 16.2 Å². The third-order valence-electron chi connectivity index (χ3n) is 3.47. The molecule has 0 aliphatic heterocycles. The van der Waals surface area contributed by atoms with Crippen LogP contribution in [-0.2, 0) is 9.84 Å². The number of amides is 1. The Morgan fingerprint density at radius 2 is 1.71 bits per heavy atom. The van der Waals surface area contributed by atoms with Crippen molar-refractivity contribution in [3.63, 3.8) is 0 Å². The Morgan fingerprint density at radius 3 is 2.42 bits per heavy atom. The lowest BCUT2D eigenvalue weighted by molar-refractivity contribution is 0.0950. The molecular weight excluding hydrogens is 342 g/mol. The van der Waals surface area contributed by atoms with Crippen molar-refractivity contribution in [3.8, 4) is 0 Å². The van der Waals surface area contributed by atoms with Gasteiger partial charge in [-0.05, 0) is 36.4 Å². The molecule has 0 spiro atoms. The van der Waals surface area contributed by atoms with E-state index in [1.54, 1.807) is 36.9 Å². The Hall–Kier alpha value is -1.79. The zero-order chi connectivity index (χ0) is 17.4. The lowest BCUT2D eigenvalue weighted by Crippen LogP contribution is -2.26. The molecule has 0 bridgehead atoms. The van der Waals surface area contributed by atoms with Gasteiger partial charge in [0.1, 0.15) is 0 Å². The molecule has 1 N–H and O–H groups in total. The molecule has 0 atom stereocenters. The first-order valence-electron chi connectivity index (χ1n) is 7.82. The Bertz CT molecular complexity index is 774. The zero-order valence-corrected chi connectivity index (χ0v) is 15.2. The van der Waals surface area contributed by atoms with Crippen molar-refractivity contribution in [1.82, 2.24) is 5.32 Å². The maximum atomic E-state index is 12.3. The molecule has 24 heavy (non-hydrogen) atoms. The van der Waals surface area contributed by atoms with Crippen LogP contribution in [0.3, 0.4) is 0 Å². The lowest BCUT2D eigenvalue weighted by atomic mass is 10.2. The second kappa shape index (κ2) is 8.89. The van der Waals surface area contributed by atoms with Crippen LogP contribution in [0.4, 0.5) is 0 Å². The van der Waals surface area contributed by atoms with Crippen molar-refractivity contribution in [2.75, 3.05) is 18.1 Å². The number of carbonyl (C=O) groups excluding carboxylic acids is 1. The standard InChI is InChI=1S/C18H21NO3S2/c1-2-24(21,22)17-12-7-6-11-16(17)18(20)19-13-8-14-23-15-9-4-3-5-10-15/h3-7,9-12H,2,8,13-14H2,1H3,(H,19,20). The van der Waals surface area contributed by atoms with Crippen LogP contribution in [0.5, 0.6) is 0 Å². The van der Waals surface area contributed by atoms with E-state index < -0.39 is 9.84 Å². The fraction of sp³-hybridized carbons (Fsp3) is 0.278. The Balaban J connectivity index is 1.87. The fourth-order valence-corrected chi connectivity index (χ4v) is 4.12. The minimum absolute atomic E-state index is 0.0228.